The van der Waals surface area contributed by atoms with E-state index in [1.54, 1.807) is 44.3 Å². The SMILES string of the molecule is CC[C@H](C(=O)N[C@H]1Cc2cccc(c2)-c2ccc3c(c2)c(c(-c2cccnc2[C@H](C)OC)n3CC(F)(F)F)CC(C)(C)COC(=O)[C@@H]2CCCN(N2)C1=O)N(C)C(=O)C1CN(C(=O)C#CC(C)(C)N(C)C)C1. The normalized spacial score (nSPS) is 19.6. The van der Waals surface area contributed by atoms with Crippen molar-refractivity contribution in [3.05, 3.63) is 77.6 Å². The molecule has 2 aromatic heterocycles. The Morgan fingerprint density at radius 1 is 1.04 bits per heavy atom. The lowest BCUT2D eigenvalue weighted by atomic mass is 9.84. The summed E-state index contributed by atoms with van der Waals surface area (Å²) in [4.78, 5) is 79.0. The number of esters is 1. The predicted molar refractivity (Wildman–Crippen MR) is 266 cm³/mol. The van der Waals surface area contributed by atoms with E-state index in [-0.39, 0.29) is 57.3 Å². The van der Waals surface area contributed by atoms with Crippen LogP contribution in [0.4, 0.5) is 13.2 Å². The fourth-order valence-corrected chi connectivity index (χ4v) is 9.54. The molecule has 15 nitrogen and oxygen atoms in total. The second-order valence-corrected chi connectivity index (χ2v) is 20.8. The van der Waals surface area contributed by atoms with Crippen LogP contribution < -0.4 is 10.7 Å². The minimum Gasteiger partial charge on any atom is -0.464 e. The molecule has 3 aliphatic rings. The Hall–Kier alpha value is -6.29. The van der Waals surface area contributed by atoms with Crippen molar-refractivity contribution < 1.29 is 46.6 Å². The molecular formula is C54H67F3N8O7. The van der Waals surface area contributed by atoms with E-state index in [9.17, 15) is 37.1 Å². The summed E-state index contributed by atoms with van der Waals surface area (Å²) in [6.45, 7) is 10.3. The average molecular weight is 997 g/mol. The molecule has 0 radical (unpaired) electrons. The molecule has 7 rings (SSSR count). The van der Waals surface area contributed by atoms with Gasteiger partial charge in [0.25, 0.3) is 11.8 Å². The molecule has 2 N–H and O–H groups in total. The largest absolute Gasteiger partial charge is 0.464 e. The lowest BCUT2D eigenvalue weighted by molar-refractivity contribution is -0.155. The van der Waals surface area contributed by atoms with Gasteiger partial charge in [-0.05, 0) is 113 Å². The molecule has 386 valence electrons. The zero-order valence-electron chi connectivity index (χ0n) is 42.9. The van der Waals surface area contributed by atoms with Gasteiger partial charge in [0.15, 0.2) is 0 Å². The first-order valence-electron chi connectivity index (χ1n) is 24.5. The van der Waals surface area contributed by atoms with Crippen LogP contribution in [0.1, 0.15) is 83.7 Å². The highest BCUT2D eigenvalue weighted by Crippen LogP contribution is 2.43. The number of likely N-dealkylation sites (N-methyl/N-ethyl adjacent to an activating group) is 1. The summed E-state index contributed by atoms with van der Waals surface area (Å²) in [7, 11) is 6.80. The average Bonchev–Trinajstić information content (AvgIpc) is 3.60. The summed E-state index contributed by atoms with van der Waals surface area (Å²) in [6.07, 6.45) is -2.31. The number of aromatic nitrogens is 2. The van der Waals surface area contributed by atoms with Gasteiger partial charge in [0.2, 0.25) is 11.8 Å². The van der Waals surface area contributed by atoms with Gasteiger partial charge in [0, 0.05) is 68.3 Å². The first-order chi connectivity index (χ1) is 33.9. The van der Waals surface area contributed by atoms with Crippen molar-refractivity contribution in [3.63, 3.8) is 0 Å². The molecule has 2 saturated heterocycles. The molecule has 18 heteroatoms. The van der Waals surface area contributed by atoms with Gasteiger partial charge in [-0.25, -0.2) is 5.43 Å². The Balaban J connectivity index is 1.24. The van der Waals surface area contributed by atoms with Crippen molar-refractivity contribution in [2.75, 3.05) is 54.5 Å². The minimum atomic E-state index is -4.59. The molecule has 6 bridgehead atoms. The first-order valence-corrected chi connectivity index (χ1v) is 24.5. The third kappa shape index (κ3) is 11.8. The van der Waals surface area contributed by atoms with Crippen LogP contribution in [0.15, 0.2) is 60.8 Å². The van der Waals surface area contributed by atoms with E-state index in [0.29, 0.717) is 57.4 Å². The van der Waals surface area contributed by atoms with E-state index < -0.39 is 71.6 Å². The van der Waals surface area contributed by atoms with Gasteiger partial charge in [-0.2, -0.15) is 13.2 Å². The number of amides is 4. The molecule has 72 heavy (non-hydrogen) atoms. The number of nitrogens with one attached hydrogen (secondary N) is 2. The molecule has 3 aliphatic heterocycles. The number of cyclic esters (lactones) is 1. The number of alkyl halides is 3. The maximum Gasteiger partial charge on any atom is 0.406 e. The zero-order chi connectivity index (χ0) is 52.4. The fraction of sp³-hybridized carbons (Fsp3) is 0.519. The number of carbonyl (C=O) groups excluding carboxylic acids is 5. The summed E-state index contributed by atoms with van der Waals surface area (Å²) in [6, 6.07) is 13.2. The highest BCUT2D eigenvalue weighted by Gasteiger charge is 2.41. The van der Waals surface area contributed by atoms with Gasteiger partial charge in [-0.3, -0.25) is 38.9 Å². The van der Waals surface area contributed by atoms with Crippen LogP contribution >= 0.6 is 0 Å². The minimum absolute atomic E-state index is 0.0143. The van der Waals surface area contributed by atoms with Gasteiger partial charge < -0.3 is 29.2 Å². The number of carbonyl (C=O) groups is 5. The standard InChI is InChI=1S/C54H67F3N8O7/c1-11-43(62(9)49(68)37-29-63(30-37)45(66)21-22-53(5,6)61(7)8)48(67)59-42-26-34-15-12-16-35(25-34)36-19-20-44-39(27-36)40(28-52(3,4)32-72-51(70)41-18-14-24-65(60-41)50(42)69)47(64(44)31-54(55,56)57)38-17-13-23-58-46(38)33(2)71-10/h12-13,15-17,19-20,23,25,27,33,37,41-43,60H,11,14,18,24,26,28-32H2,1-10H3,(H,59,67)/t33-,41-,42-,43+/m0/s1. The number of ether oxygens (including phenoxy) is 2. The van der Waals surface area contributed by atoms with Crippen LogP contribution in [0, 0.1) is 23.2 Å². The Labute approximate surface area is 419 Å². The maximum atomic E-state index is 14.7. The van der Waals surface area contributed by atoms with Crippen molar-refractivity contribution in [2.24, 2.45) is 11.3 Å². The van der Waals surface area contributed by atoms with Crippen LogP contribution in [-0.4, -0.2) is 143 Å². The number of hydrazine groups is 1. The Morgan fingerprint density at radius 2 is 1.76 bits per heavy atom. The number of hydrogen-bond acceptors (Lipinski definition) is 10. The molecule has 0 saturated carbocycles. The number of halogens is 3. The van der Waals surface area contributed by atoms with Crippen molar-refractivity contribution in [1.29, 1.82) is 0 Å². The molecule has 0 spiro atoms. The summed E-state index contributed by atoms with van der Waals surface area (Å²) >= 11 is 0. The molecule has 5 heterocycles. The number of methoxy groups -OCH3 is 1. The van der Waals surface area contributed by atoms with Crippen molar-refractivity contribution in [3.8, 4) is 34.2 Å². The van der Waals surface area contributed by atoms with E-state index in [1.165, 1.54) is 33.5 Å². The molecule has 4 aromatic rings. The fourth-order valence-electron chi connectivity index (χ4n) is 9.54. The summed E-state index contributed by atoms with van der Waals surface area (Å²) in [5, 5.41) is 4.88. The van der Waals surface area contributed by atoms with Crippen molar-refractivity contribution >= 4 is 40.5 Å². The van der Waals surface area contributed by atoms with Crippen LogP contribution in [0.25, 0.3) is 33.3 Å². The van der Waals surface area contributed by atoms with Gasteiger partial charge in [0.05, 0.1) is 35.6 Å². The summed E-state index contributed by atoms with van der Waals surface area (Å²) in [5.74, 6) is 2.78. The van der Waals surface area contributed by atoms with E-state index in [1.807, 2.05) is 77.0 Å². The number of fused-ring (bicyclic) bond motifs is 6. The number of pyridine rings is 1. The summed E-state index contributed by atoms with van der Waals surface area (Å²) in [5.41, 5.74) is 6.07. The Kier molecular flexibility index (Phi) is 15.9. The second-order valence-electron chi connectivity index (χ2n) is 20.8. The topological polar surface area (TPSA) is 159 Å². The molecule has 0 aliphatic carbocycles. The van der Waals surface area contributed by atoms with E-state index in [4.69, 9.17) is 9.47 Å². The van der Waals surface area contributed by atoms with Gasteiger partial charge in [-0.15, -0.1) is 0 Å². The summed E-state index contributed by atoms with van der Waals surface area (Å²) < 4.78 is 57.1. The van der Waals surface area contributed by atoms with Crippen molar-refractivity contribution in [1.82, 2.24) is 40.0 Å². The molecule has 0 unspecified atom stereocenters. The van der Waals surface area contributed by atoms with Crippen LogP contribution in [0.5, 0.6) is 0 Å². The van der Waals surface area contributed by atoms with E-state index in [2.05, 4.69) is 27.6 Å². The third-order valence-electron chi connectivity index (χ3n) is 14.3. The lowest BCUT2D eigenvalue weighted by Gasteiger charge is -2.40. The zero-order valence-corrected chi connectivity index (χ0v) is 42.9. The highest BCUT2D eigenvalue weighted by molar-refractivity contribution is 5.97. The Bertz CT molecular complexity index is 2770. The molecule has 4 amide bonds. The molecule has 2 aromatic carbocycles. The number of hydrogen-bond donors (Lipinski definition) is 2. The van der Waals surface area contributed by atoms with Gasteiger partial charge >= 0.3 is 12.1 Å². The molecule has 4 atom stereocenters. The van der Waals surface area contributed by atoms with Crippen LogP contribution in [-0.2, 0) is 52.8 Å². The van der Waals surface area contributed by atoms with E-state index >= 15 is 0 Å². The monoisotopic (exact) mass is 997 g/mol. The first kappa shape index (κ1) is 53.5. The van der Waals surface area contributed by atoms with Gasteiger partial charge in [0.1, 0.15) is 24.7 Å². The number of nitrogens with zero attached hydrogens (tertiary/aromatic N) is 6. The second kappa shape index (κ2) is 21.4. The predicted octanol–water partition coefficient (Wildman–Crippen LogP) is 6.33. The lowest BCUT2D eigenvalue weighted by Crippen LogP contribution is -2.62. The maximum absolute atomic E-state index is 14.7. The Morgan fingerprint density at radius 3 is 2.44 bits per heavy atom. The smallest absolute Gasteiger partial charge is 0.406 e. The van der Waals surface area contributed by atoms with Gasteiger partial charge in [-0.1, -0.05) is 57.0 Å². The van der Waals surface area contributed by atoms with Crippen LogP contribution in [0.2, 0.25) is 0 Å². The third-order valence-corrected chi connectivity index (χ3v) is 14.3. The highest BCUT2D eigenvalue weighted by atomic mass is 19.4. The number of rotatable bonds is 10. The van der Waals surface area contributed by atoms with E-state index in [0.717, 1.165) is 5.56 Å². The quantitative estimate of drug-likeness (QED) is 0.136. The van der Waals surface area contributed by atoms with Crippen LogP contribution in [0.3, 0.4) is 0 Å². The van der Waals surface area contributed by atoms with Crippen molar-refractivity contribution in [2.45, 2.75) is 116 Å². The number of benzene rings is 2. The molecular weight excluding hydrogens is 930 g/mol. The number of likely N-dealkylation sites (tertiary alicyclic amines) is 1. The molecule has 2 fully saturated rings.